The van der Waals surface area contributed by atoms with Crippen LogP contribution in [0.3, 0.4) is 0 Å². The summed E-state index contributed by atoms with van der Waals surface area (Å²) in [5.74, 6) is 0. The van der Waals surface area contributed by atoms with Gasteiger partial charge in [0.05, 0.1) is 5.57 Å². The van der Waals surface area contributed by atoms with Crippen LogP contribution in [0, 0.1) is 11.3 Å². The first-order valence-electron chi connectivity index (χ1n) is 5.16. The van der Waals surface area contributed by atoms with Crippen LogP contribution < -0.4 is 0 Å². The van der Waals surface area contributed by atoms with Crippen molar-refractivity contribution in [1.82, 2.24) is 4.90 Å². The van der Waals surface area contributed by atoms with Crippen LogP contribution in [0.15, 0.2) is 42.1 Å². The van der Waals surface area contributed by atoms with Crippen LogP contribution in [0.2, 0.25) is 10.0 Å². The number of nitriles is 1. The molecule has 0 saturated heterocycles. The summed E-state index contributed by atoms with van der Waals surface area (Å²) in [5, 5.41) is 10.1. The van der Waals surface area contributed by atoms with Gasteiger partial charge >= 0.3 is 0 Å². The van der Waals surface area contributed by atoms with E-state index in [1.54, 1.807) is 0 Å². The number of halogens is 2. The molecule has 0 fully saturated rings. The van der Waals surface area contributed by atoms with Crippen LogP contribution in [0.5, 0.6) is 0 Å². The Bertz CT molecular complexity index is 506. The first kappa shape index (κ1) is 12.0. The van der Waals surface area contributed by atoms with Gasteiger partial charge in [-0.25, -0.2) is 0 Å². The van der Waals surface area contributed by atoms with Gasteiger partial charge in [-0.1, -0.05) is 35.3 Å². The van der Waals surface area contributed by atoms with Gasteiger partial charge in [0.15, 0.2) is 0 Å². The van der Waals surface area contributed by atoms with Crippen LogP contribution in [0.4, 0.5) is 0 Å². The van der Waals surface area contributed by atoms with Gasteiger partial charge in [0.25, 0.3) is 0 Å². The Morgan fingerprint density at radius 1 is 1.29 bits per heavy atom. The fourth-order valence-corrected chi connectivity index (χ4v) is 2.19. The average molecular weight is 265 g/mol. The molecule has 0 bridgehead atoms. The molecule has 4 heteroatoms. The van der Waals surface area contributed by atoms with Crippen LogP contribution in [0.1, 0.15) is 5.56 Å². The SMILES string of the molecule is N#CC1=CN(Cc2c(Cl)cccc2Cl)CC=C1. The Labute approximate surface area is 110 Å². The van der Waals surface area contributed by atoms with Crippen LogP contribution in [0.25, 0.3) is 0 Å². The van der Waals surface area contributed by atoms with Crippen molar-refractivity contribution in [3.8, 4) is 6.07 Å². The van der Waals surface area contributed by atoms with Gasteiger partial charge < -0.3 is 4.90 Å². The topological polar surface area (TPSA) is 27.0 Å². The number of rotatable bonds is 2. The lowest BCUT2D eigenvalue weighted by molar-refractivity contribution is 0.403. The zero-order valence-corrected chi connectivity index (χ0v) is 10.5. The molecule has 86 valence electrons. The molecule has 0 aromatic heterocycles. The van der Waals surface area contributed by atoms with E-state index in [4.69, 9.17) is 28.5 Å². The molecular weight excluding hydrogens is 255 g/mol. The highest BCUT2D eigenvalue weighted by molar-refractivity contribution is 6.35. The van der Waals surface area contributed by atoms with E-state index in [2.05, 4.69) is 6.07 Å². The second kappa shape index (κ2) is 5.27. The van der Waals surface area contributed by atoms with E-state index in [0.29, 0.717) is 22.2 Å². The largest absolute Gasteiger partial charge is 0.368 e. The highest BCUT2D eigenvalue weighted by Crippen LogP contribution is 2.26. The molecular formula is C13H10Cl2N2. The molecule has 0 atom stereocenters. The molecule has 0 aliphatic carbocycles. The second-order valence-electron chi connectivity index (χ2n) is 3.73. The van der Waals surface area contributed by atoms with Crippen molar-refractivity contribution < 1.29 is 0 Å². The predicted molar refractivity (Wildman–Crippen MR) is 69.7 cm³/mol. The molecule has 1 aromatic rings. The standard InChI is InChI=1S/C13H10Cl2N2/c14-12-4-1-5-13(15)11(12)9-17-6-2-3-10(7-16)8-17/h1-5,8H,6,9H2. The van der Waals surface area contributed by atoms with E-state index >= 15 is 0 Å². The van der Waals surface area contributed by atoms with E-state index in [1.165, 1.54) is 0 Å². The quantitative estimate of drug-likeness (QED) is 0.813. The normalized spacial score (nSPS) is 14.4. The fraction of sp³-hybridized carbons (Fsp3) is 0.154. The summed E-state index contributed by atoms with van der Waals surface area (Å²) in [6.45, 7) is 1.36. The maximum atomic E-state index is 8.84. The Morgan fingerprint density at radius 3 is 2.65 bits per heavy atom. The van der Waals surface area contributed by atoms with Gasteiger partial charge in [-0.15, -0.1) is 0 Å². The van der Waals surface area contributed by atoms with Gasteiger partial charge in [0.1, 0.15) is 6.07 Å². The molecule has 0 amide bonds. The van der Waals surface area contributed by atoms with E-state index < -0.39 is 0 Å². The minimum atomic E-state index is 0.605. The summed E-state index contributed by atoms with van der Waals surface area (Å²) >= 11 is 12.2. The Hall–Kier alpha value is -1.43. The van der Waals surface area contributed by atoms with E-state index in [1.807, 2.05) is 41.5 Å². The molecule has 0 spiro atoms. The summed E-state index contributed by atoms with van der Waals surface area (Å²) in [4.78, 5) is 2.01. The summed E-state index contributed by atoms with van der Waals surface area (Å²) < 4.78 is 0. The average Bonchev–Trinajstić information content (AvgIpc) is 2.34. The van der Waals surface area contributed by atoms with Crippen LogP contribution in [-0.4, -0.2) is 11.4 Å². The molecule has 1 aliphatic heterocycles. The molecule has 2 nitrogen and oxygen atoms in total. The minimum Gasteiger partial charge on any atom is -0.368 e. The second-order valence-corrected chi connectivity index (χ2v) is 4.54. The number of hydrogen-bond donors (Lipinski definition) is 0. The summed E-state index contributed by atoms with van der Waals surface area (Å²) in [6, 6.07) is 7.57. The number of nitrogens with zero attached hydrogens (tertiary/aromatic N) is 2. The summed E-state index contributed by atoms with van der Waals surface area (Å²) in [5.41, 5.74) is 1.53. The van der Waals surface area contributed by atoms with Crippen molar-refractivity contribution in [1.29, 1.82) is 5.26 Å². The van der Waals surface area contributed by atoms with Gasteiger partial charge in [-0.05, 0) is 18.2 Å². The lowest BCUT2D eigenvalue weighted by Crippen LogP contribution is -2.20. The zero-order chi connectivity index (χ0) is 12.3. The molecule has 1 aromatic carbocycles. The molecule has 17 heavy (non-hydrogen) atoms. The van der Waals surface area contributed by atoms with Crippen LogP contribution in [-0.2, 0) is 6.54 Å². The molecule has 1 aliphatic rings. The molecule has 2 rings (SSSR count). The lowest BCUT2D eigenvalue weighted by atomic mass is 10.1. The Morgan fingerprint density at radius 2 is 2.00 bits per heavy atom. The summed E-state index contributed by atoms with van der Waals surface area (Å²) in [6.07, 6.45) is 5.58. The highest BCUT2D eigenvalue weighted by Gasteiger charge is 2.10. The highest BCUT2D eigenvalue weighted by atomic mass is 35.5. The number of benzene rings is 1. The van der Waals surface area contributed by atoms with Crippen molar-refractivity contribution in [2.24, 2.45) is 0 Å². The molecule has 0 radical (unpaired) electrons. The van der Waals surface area contributed by atoms with Gasteiger partial charge in [0, 0.05) is 34.9 Å². The third kappa shape index (κ3) is 2.82. The smallest absolute Gasteiger partial charge is 0.101 e. The monoisotopic (exact) mass is 264 g/mol. The number of allylic oxidation sites excluding steroid dienone is 2. The van der Waals surface area contributed by atoms with Gasteiger partial charge in [-0.2, -0.15) is 5.26 Å². The maximum Gasteiger partial charge on any atom is 0.101 e. The van der Waals surface area contributed by atoms with E-state index in [0.717, 1.165) is 12.1 Å². The molecule has 0 unspecified atom stereocenters. The molecule has 0 N–H and O–H groups in total. The van der Waals surface area contributed by atoms with Crippen molar-refractivity contribution in [3.63, 3.8) is 0 Å². The molecule has 1 heterocycles. The fourth-order valence-electron chi connectivity index (χ4n) is 1.67. The number of hydrogen-bond acceptors (Lipinski definition) is 2. The summed E-state index contributed by atoms with van der Waals surface area (Å²) in [7, 11) is 0. The third-order valence-corrected chi connectivity index (χ3v) is 3.22. The first-order valence-corrected chi connectivity index (χ1v) is 5.91. The van der Waals surface area contributed by atoms with Crippen molar-refractivity contribution >= 4 is 23.2 Å². The van der Waals surface area contributed by atoms with E-state index in [-0.39, 0.29) is 0 Å². The predicted octanol–water partition coefficient (Wildman–Crippen LogP) is 3.77. The van der Waals surface area contributed by atoms with Gasteiger partial charge in [0.2, 0.25) is 0 Å². The zero-order valence-electron chi connectivity index (χ0n) is 9.03. The third-order valence-electron chi connectivity index (χ3n) is 2.51. The first-order chi connectivity index (χ1) is 8.20. The van der Waals surface area contributed by atoms with Crippen molar-refractivity contribution in [2.45, 2.75) is 6.54 Å². The Balaban J connectivity index is 2.20. The lowest BCUT2D eigenvalue weighted by Gasteiger charge is -2.22. The van der Waals surface area contributed by atoms with Gasteiger partial charge in [-0.3, -0.25) is 0 Å². The van der Waals surface area contributed by atoms with Crippen molar-refractivity contribution in [2.75, 3.05) is 6.54 Å². The molecule has 0 saturated carbocycles. The minimum absolute atomic E-state index is 0.605. The Kier molecular flexibility index (Phi) is 3.73. The van der Waals surface area contributed by atoms with E-state index in [9.17, 15) is 0 Å². The van der Waals surface area contributed by atoms with Crippen molar-refractivity contribution in [3.05, 3.63) is 57.7 Å². The van der Waals surface area contributed by atoms with Crippen LogP contribution >= 0.6 is 23.2 Å². The maximum absolute atomic E-state index is 8.84.